The van der Waals surface area contributed by atoms with Crippen LogP contribution in [0.5, 0.6) is 0 Å². The monoisotopic (exact) mass is 192 g/mol. The summed E-state index contributed by atoms with van der Waals surface area (Å²) in [4.78, 5) is 8.57. The molecule has 0 atom stereocenters. The van der Waals surface area contributed by atoms with Crippen LogP contribution in [-0.4, -0.2) is 5.75 Å². The first-order valence-corrected chi connectivity index (χ1v) is 4.30. The van der Waals surface area contributed by atoms with Gasteiger partial charge in [0.2, 0.25) is 5.75 Å². The summed E-state index contributed by atoms with van der Waals surface area (Å²) in [7, 11) is 0. The minimum absolute atomic E-state index is 0.222. The van der Waals surface area contributed by atoms with E-state index in [-0.39, 0.29) is 5.75 Å². The molecule has 0 aliphatic heterocycles. The fourth-order valence-corrected chi connectivity index (χ4v) is 1.13. The van der Waals surface area contributed by atoms with Crippen molar-refractivity contribution in [2.75, 3.05) is 0 Å². The topological polar surface area (TPSA) is 17.1 Å². The highest BCUT2D eigenvalue weighted by Gasteiger charge is 1.85. The van der Waals surface area contributed by atoms with Gasteiger partial charge in [-0.3, -0.25) is 4.79 Å². The maximum absolute atomic E-state index is 8.57. The van der Waals surface area contributed by atoms with Gasteiger partial charge in [0.05, 0.1) is 0 Å². The summed E-state index contributed by atoms with van der Waals surface area (Å²) in [6.45, 7) is 0. The third kappa shape index (κ3) is 2.88. The van der Waals surface area contributed by atoms with Gasteiger partial charge in [0, 0.05) is 0 Å². The third-order valence-corrected chi connectivity index (χ3v) is 1.66. The zero-order valence-corrected chi connectivity index (χ0v) is 7.74. The van der Waals surface area contributed by atoms with Crippen LogP contribution in [-0.2, 0) is 4.79 Å². The number of fused-ring (bicyclic) bond motifs is 1. The number of carbonyl (C=O) groups is 1. The molecule has 2 aromatic carbocycles. The summed E-state index contributed by atoms with van der Waals surface area (Å²) in [5.74, 6) is 0.222. The van der Waals surface area contributed by atoms with Gasteiger partial charge in [-0.2, -0.15) is 0 Å². The number of carbonyl (C=O) groups excluding carboxylic acids is 1. The summed E-state index contributed by atoms with van der Waals surface area (Å²) in [6.07, 6.45) is 0. The van der Waals surface area contributed by atoms with Crippen LogP contribution < -0.4 is 0 Å². The van der Waals surface area contributed by atoms with Gasteiger partial charge in [-0.05, 0) is 22.4 Å². The number of halogens is 1. The van der Waals surface area contributed by atoms with E-state index in [0.29, 0.717) is 0 Å². The Balaban J connectivity index is 0.000000251. The molecule has 0 aromatic heterocycles. The molecule has 0 aliphatic rings. The van der Waals surface area contributed by atoms with Crippen LogP contribution in [0.25, 0.3) is 10.8 Å². The highest BCUT2D eigenvalue weighted by atomic mass is 35.5. The molecule has 1 nitrogen and oxygen atoms in total. The van der Waals surface area contributed by atoms with Crippen molar-refractivity contribution in [3.8, 4) is 0 Å². The molecule has 0 fully saturated rings. The lowest BCUT2D eigenvalue weighted by Gasteiger charge is -1.92. The first kappa shape index (κ1) is 9.75. The van der Waals surface area contributed by atoms with E-state index in [1.807, 2.05) is 0 Å². The highest BCUT2D eigenvalue weighted by Crippen LogP contribution is 2.11. The summed E-state index contributed by atoms with van der Waals surface area (Å²) >= 11 is 4.32. The first-order valence-electron chi connectivity index (χ1n) is 3.86. The molecule has 0 saturated heterocycles. The predicted octanol–water partition coefficient (Wildman–Crippen LogP) is 3.26. The molecule has 0 heterocycles. The molecule has 13 heavy (non-hydrogen) atoms. The number of hydrogen-bond acceptors (Lipinski definition) is 1. The average molecular weight is 193 g/mol. The zero-order valence-electron chi connectivity index (χ0n) is 6.98. The fourth-order valence-electron chi connectivity index (χ4n) is 1.13. The van der Waals surface area contributed by atoms with Crippen LogP contribution in [0.1, 0.15) is 0 Å². The van der Waals surface area contributed by atoms with Crippen molar-refractivity contribution in [2.24, 2.45) is 0 Å². The standard InChI is InChI=1S/C10H8.CHClO/c1-2-6-10-8-4-3-7-9(10)5-1;2-1-3/h1-8H;1H. The van der Waals surface area contributed by atoms with E-state index < -0.39 is 0 Å². The Labute approximate surface area is 81.9 Å². The first-order chi connectivity index (χ1) is 6.38. The molecule has 66 valence electrons. The SMILES string of the molecule is O=CCl.c1ccc2ccccc2c1. The van der Waals surface area contributed by atoms with E-state index in [0.717, 1.165) is 0 Å². The molecular formula is C11H9ClO. The van der Waals surface area contributed by atoms with Gasteiger partial charge in [-0.1, -0.05) is 48.5 Å². The van der Waals surface area contributed by atoms with Gasteiger partial charge in [0.1, 0.15) is 0 Å². The lowest BCUT2D eigenvalue weighted by molar-refractivity contribution is 0.569. The van der Waals surface area contributed by atoms with Gasteiger partial charge in [0.25, 0.3) is 0 Å². The Hall–Kier alpha value is -1.34. The lowest BCUT2D eigenvalue weighted by atomic mass is 10.1. The second-order valence-corrected chi connectivity index (χ2v) is 2.61. The zero-order chi connectivity index (χ0) is 9.52. The predicted molar refractivity (Wildman–Crippen MR) is 56.6 cm³/mol. The van der Waals surface area contributed by atoms with Crippen molar-refractivity contribution in [1.29, 1.82) is 0 Å². The van der Waals surface area contributed by atoms with Crippen molar-refractivity contribution >= 4 is 28.1 Å². The summed E-state index contributed by atoms with van der Waals surface area (Å²) < 4.78 is 0. The Bertz CT molecular complexity index is 319. The quantitative estimate of drug-likeness (QED) is 0.463. The van der Waals surface area contributed by atoms with Crippen LogP contribution in [0.4, 0.5) is 0 Å². The van der Waals surface area contributed by atoms with Crippen molar-refractivity contribution in [1.82, 2.24) is 0 Å². The Morgan fingerprint density at radius 1 is 0.846 bits per heavy atom. The Kier molecular flexibility index (Phi) is 4.00. The molecule has 0 unspecified atom stereocenters. The van der Waals surface area contributed by atoms with Crippen molar-refractivity contribution in [3.05, 3.63) is 48.5 Å². The van der Waals surface area contributed by atoms with E-state index in [9.17, 15) is 0 Å². The number of benzene rings is 2. The molecule has 0 bridgehead atoms. The van der Waals surface area contributed by atoms with Crippen LogP contribution in [0.2, 0.25) is 0 Å². The molecule has 0 N–H and O–H groups in total. The van der Waals surface area contributed by atoms with E-state index in [2.05, 4.69) is 60.1 Å². The molecule has 2 aromatic rings. The van der Waals surface area contributed by atoms with Crippen molar-refractivity contribution in [2.45, 2.75) is 0 Å². The van der Waals surface area contributed by atoms with Crippen molar-refractivity contribution < 1.29 is 4.79 Å². The number of rotatable bonds is 0. The molecule has 2 rings (SSSR count). The summed E-state index contributed by atoms with van der Waals surface area (Å²) in [6, 6.07) is 16.7. The smallest absolute Gasteiger partial charge is 0.208 e. The average Bonchev–Trinajstić information content (AvgIpc) is 2.19. The highest BCUT2D eigenvalue weighted by molar-refractivity contribution is 6.54. The van der Waals surface area contributed by atoms with Crippen LogP contribution in [0.15, 0.2) is 48.5 Å². The van der Waals surface area contributed by atoms with Crippen LogP contribution in [0, 0.1) is 0 Å². The third-order valence-electron chi connectivity index (χ3n) is 1.66. The largest absolute Gasteiger partial charge is 0.285 e. The van der Waals surface area contributed by atoms with E-state index in [4.69, 9.17) is 4.79 Å². The Morgan fingerprint density at radius 3 is 1.31 bits per heavy atom. The van der Waals surface area contributed by atoms with Gasteiger partial charge in [0.15, 0.2) is 0 Å². The van der Waals surface area contributed by atoms with E-state index in [1.54, 1.807) is 0 Å². The fraction of sp³-hybridized carbons (Fsp3) is 0. The second kappa shape index (κ2) is 5.33. The number of hydrogen-bond donors (Lipinski definition) is 0. The maximum Gasteiger partial charge on any atom is 0.208 e. The molecule has 0 aliphatic carbocycles. The summed E-state index contributed by atoms with van der Waals surface area (Å²) in [5, 5.41) is 2.62. The van der Waals surface area contributed by atoms with Crippen LogP contribution >= 0.6 is 11.6 Å². The molecule has 2 heteroatoms. The molecule has 0 amide bonds. The molecular weight excluding hydrogens is 184 g/mol. The molecule has 0 radical (unpaired) electrons. The minimum Gasteiger partial charge on any atom is -0.285 e. The summed E-state index contributed by atoms with van der Waals surface area (Å²) in [5.41, 5.74) is 0. The normalized spacial score (nSPS) is 8.69. The van der Waals surface area contributed by atoms with Crippen LogP contribution in [0.3, 0.4) is 0 Å². The van der Waals surface area contributed by atoms with E-state index >= 15 is 0 Å². The van der Waals surface area contributed by atoms with Gasteiger partial charge >= 0.3 is 0 Å². The molecule has 0 spiro atoms. The van der Waals surface area contributed by atoms with Gasteiger partial charge in [-0.25, -0.2) is 0 Å². The Morgan fingerprint density at radius 2 is 1.08 bits per heavy atom. The molecule has 0 saturated carbocycles. The minimum atomic E-state index is 0.222. The van der Waals surface area contributed by atoms with E-state index in [1.165, 1.54) is 10.8 Å². The van der Waals surface area contributed by atoms with Gasteiger partial charge in [-0.15, -0.1) is 0 Å². The van der Waals surface area contributed by atoms with Gasteiger partial charge < -0.3 is 0 Å². The maximum atomic E-state index is 8.57. The van der Waals surface area contributed by atoms with Crippen molar-refractivity contribution in [3.63, 3.8) is 0 Å². The second-order valence-electron chi connectivity index (χ2n) is 2.44. The lowest BCUT2D eigenvalue weighted by Crippen LogP contribution is -1.67.